The molecule has 0 aliphatic carbocycles. The van der Waals surface area contributed by atoms with Crippen LogP contribution in [-0.4, -0.2) is 50.2 Å². The van der Waals surface area contributed by atoms with Gasteiger partial charge in [-0.25, -0.2) is 17.5 Å². The van der Waals surface area contributed by atoms with E-state index < -0.39 is 33.4 Å². The summed E-state index contributed by atoms with van der Waals surface area (Å²) < 4.78 is 30.2. The molecular formula is C17H15Cl2N3O7S. The minimum absolute atomic E-state index is 0.0588. The van der Waals surface area contributed by atoms with E-state index in [1.807, 2.05) is 0 Å². The summed E-state index contributed by atoms with van der Waals surface area (Å²) in [5.74, 6) is -1.78. The summed E-state index contributed by atoms with van der Waals surface area (Å²) in [6.07, 6.45) is 0. The van der Waals surface area contributed by atoms with E-state index in [0.717, 1.165) is 22.5 Å². The quantitative estimate of drug-likeness (QED) is 0.369. The molecule has 0 atom stereocenters. The second-order valence-corrected chi connectivity index (χ2v) is 8.94. The van der Waals surface area contributed by atoms with Crippen molar-refractivity contribution in [1.29, 1.82) is 0 Å². The molecule has 0 aliphatic rings. The lowest BCUT2D eigenvalue weighted by Gasteiger charge is -2.13. The van der Waals surface area contributed by atoms with Crippen LogP contribution >= 0.6 is 23.2 Å². The summed E-state index contributed by atoms with van der Waals surface area (Å²) in [5.41, 5.74) is -0.409. The molecule has 0 fully saturated rings. The Hall–Kier alpha value is -2.73. The molecule has 1 N–H and O–H groups in total. The van der Waals surface area contributed by atoms with Crippen molar-refractivity contribution in [2.45, 2.75) is 4.90 Å². The first kappa shape index (κ1) is 23.5. The van der Waals surface area contributed by atoms with Crippen molar-refractivity contribution >= 4 is 56.5 Å². The van der Waals surface area contributed by atoms with Crippen LogP contribution in [0, 0.1) is 10.1 Å². The number of nitro benzene ring substituents is 1. The summed E-state index contributed by atoms with van der Waals surface area (Å²) in [6.45, 7) is -0.729. The van der Waals surface area contributed by atoms with Crippen LogP contribution in [0.5, 0.6) is 0 Å². The number of ether oxygens (including phenoxy) is 1. The summed E-state index contributed by atoms with van der Waals surface area (Å²) in [4.78, 5) is 34.1. The van der Waals surface area contributed by atoms with Crippen LogP contribution in [0.3, 0.4) is 0 Å². The van der Waals surface area contributed by atoms with Crippen molar-refractivity contribution < 1.29 is 27.7 Å². The molecule has 0 aromatic heterocycles. The molecule has 0 radical (unpaired) electrons. The topological polar surface area (TPSA) is 136 Å². The number of rotatable bonds is 7. The highest BCUT2D eigenvalue weighted by molar-refractivity contribution is 7.89. The Morgan fingerprint density at radius 1 is 1.13 bits per heavy atom. The lowest BCUT2D eigenvalue weighted by atomic mass is 10.2. The van der Waals surface area contributed by atoms with E-state index in [4.69, 9.17) is 27.9 Å². The van der Waals surface area contributed by atoms with E-state index in [2.05, 4.69) is 5.32 Å². The van der Waals surface area contributed by atoms with Crippen molar-refractivity contribution in [2.24, 2.45) is 0 Å². The number of halogens is 2. The minimum atomic E-state index is -3.81. The number of nitrogens with zero attached hydrogens (tertiary/aromatic N) is 2. The first-order chi connectivity index (χ1) is 13.9. The molecule has 160 valence electrons. The average Bonchev–Trinajstić information content (AvgIpc) is 2.67. The molecule has 0 unspecified atom stereocenters. The lowest BCUT2D eigenvalue weighted by Crippen LogP contribution is -2.23. The normalized spacial score (nSPS) is 11.2. The van der Waals surface area contributed by atoms with Crippen molar-refractivity contribution in [3.05, 3.63) is 62.1 Å². The number of carbonyl (C=O) groups excluding carboxylic acids is 2. The molecule has 2 rings (SSSR count). The van der Waals surface area contributed by atoms with Crippen molar-refractivity contribution in [3.8, 4) is 0 Å². The fraction of sp³-hybridized carbons (Fsp3) is 0.176. The summed E-state index contributed by atoms with van der Waals surface area (Å²) in [7, 11) is -1.15. The molecule has 2 aromatic carbocycles. The predicted octanol–water partition coefficient (Wildman–Crippen LogP) is 2.95. The van der Waals surface area contributed by atoms with Gasteiger partial charge in [0.05, 0.1) is 31.1 Å². The van der Waals surface area contributed by atoms with Gasteiger partial charge in [-0.1, -0.05) is 23.2 Å². The molecule has 2 aromatic rings. The van der Waals surface area contributed by atoms with Crippen LogP contribution in [0.25, 0.3) is 0 Å². The Labute approximate surface area is 181 Å². The molecule has 1 amide bonds. The molecule has 10 nitrogen and oxygen atoms in total. The first-order valence-electron chi connectivity index (χ1n) is 8.06. The summed E-state index contributed by atoms with van der Waals surface area (Å²) >= 11 is 11.8. The number of nitrogens with one attached hydrogen (secondary N) is 1. The fourth-order valence-corrected chi connectivity index (χ4v) is 3.49. The SMILES string of the molecule is CN(C)S(=O)(=O)c1ccc(Cl)c(C(=O)OCC(=O)Nc2ccc([N+](=O)[O-])cc2Cl)c1. The Morgan fingerprint density at radius 2 is 1.80 bits per heavy atom. The van der Waals surface area contributed by atoms with Crippen LogP contribution in [0.15, 0.2) is 41.3 Å². The highest BCUT2D eigenvalue weighted by Crippen LogP contribution is 2.27. The number of esters is 1. The summed E-state index contributed by atoms with van der Waals surface area (Å²) in [6, 6.07) is 6.93. The highest BCUT2D eigenvalue weighted by Gasteiger charge is 2.22. The second kappa shape index (κ2) is 9.39. The first-order valence-corrected chi connectivity index (χ1v) is 10.3. The number of benzene rings is 2. The molecule has 13 heteroatoms. The van der Waals surface area contributed by atoms with Gasteiger partial charge in [-0.2, -0.15) is 0 Å². The molecule has 0 heterocycles. The van der Waals surface area contributed by atoms with E-state index in [9.17, 15) is 28.1 Å². The standard InChI is InChI=1S/C17H15Cl2N3O7S/c1-21(2)30(27,28)11-4-5-13(18)12(8-11)17(24)29-9-16(23)20-15-6-3-10(22(25)26)7-14(15)19/h3-8H,9H2,1-2H3,(H,20,23). The van der Waals surface area contributed by atoms with Gasteiger partial charge in [0.2, 0.25) is 10.0 Å². The molecular weight excluding hydrogens is 461 g/mol. The second-order valence-electron chi connectivity index (χ2n) is 5.97. The Bertz CT molecular complexity index is 1120. The maximum Gasteiger partial charge on any atom is 0.340 e. The predicted molar refractivity (Wildman–Crippen MR) is 109 cm³/mol. The number of non-ortho nitro benzene ring substituents is 1. The molecule has 0 aliphatic heterocycles. The van der Waals surface area contributed by atoms with Gasteiger partial charge < -0.3 is 10.1 Å². The third-order valence-corrected chi connectivity index (χ3v) is 6.16. The number of hydrogen-bond donors (Lipinski definition) is 1. The zero-order chi connectivity index (χ0) is 22.6. The van der Waals surface area contributed by atoms with Crippen LogP contribution in [0.1, 0.15) is 10.4 Å². The van der Waals surface area contributed by atoms with Gasteiger partial charge in [0.25, 0.3) is 11.6 Å². The van der Waals surface area contributed by atoms with Crippen LogP contribution in [-0.2, 0) is 19.6 Å². The Morgan fingerprint density at radius 3 is 2.37 bits per heavy atom. The van der Waals surface area contributed by atoms with Crippen molar-refractivity contribution in [1.82, 2.24) is 4.31 Å². The monoisotopic (exact) mass is 475 g/mol. The van der Waals surface area contributed by atoms with Crippen molar-refractivity contribution in [2.75, 3.05) is 26.0 Å². The molecule has 0 spiro atoms. The Kier molecular flexibility index (Phi) is 7.37. The van der Waals surface area contributed by atoms with Crippen LogP contribution < -0.4 is 5.32 Å². The van der Waals surface area contributed by atoms with Gasteiger partial charge in [0.15, 0.2) is 6.61 Å². The zero-order valence-corrected chi connectivity index (χ0v) is 17.9. The van der Waals surface area contributed by atoms with Crippen molar-refractivity contribution in [3.63, 3.8) is 0 Å². The highest BCUT2D eigenvalue weighted by atomic mass is 35.5. The number of amides is 1. The smallest absolute Gasteiger partial charge is 0.340 e. The molecule has 0 saturated heterocycles. The van der Waals surface area contributed by atoms with Gasteiger partial charge in [-0.15, -0.1) is 0 Å². The van der Waals surface area contributed by atoms with Gasteiger partial charge in [-0.3, -0.25) is 14.9 Å². The number of sulfonamides is 1. The number of anilines is 1. The van der Waals surface area contributed by atoms with E-state index >= 15 is 0 Å². The summed E-state index contributed by atoms with van der Waals surface area (Å²) in [5, 5.41) is 12.9. The minimum Gasteiger partial charge on any atom is -0.452 e. The largest absolute Gasteiger partial charge is 0.452 e. The zero-order valence-electron chi connectivity index (χ0n) is 15.6. The van der Waals surface area contributed by atoms with Gasteiger partial charge >= 0.3 is 5.97 Å². The van der Waals surface area contributed by atoms with Crippen LogP contribution in [0.4, 0.5) is 11.4 Å². The van der Waals surface area contributed by atoms with E-state index in [0.29, 0.717) is 0 Å². The molecule has 0 bridgehead atoms. The number of nitro groups is 1. The number of hydrogen-bond acceptors (Lipinski definition) is 7. The molecule has 30 heavy (non-hydrogen) atoms. The molecule has 0 saturated carbocycles. The third kappa shape index (κ3) is 5.45. The van der Waals surface area contributed by atoms with E-state index in [1.54, 1.807) is 0 Å². The lowest BCUT2D eigenvalue weighted by molar-refractivity contribution is -0.384. The number of carbonyl (C=O) groups is 2. The van der Waals surface area contributed by atoms with Crippen LogP contribution in [0.2, 0.25) is 10.0 Å². The van der Waals surface area contributed by atoms with E-state index in [1.165, 1.54) is 32.3 Å². The van der Waals surface area contributed by atoms with E-state index in [-0.39, 0.29) is 31.9 Å². The Balaban J connectivity index is 2.09. The third-order valence-electron chi connectivity index (χ3n) is 3.71. The van der Waals surface area contributed by atoms with Gasteiger partial charge in [0.1, 0.15) is 0 Å². The van der Waals surface area contributed by atoms with Gasteiger partial charge in [0, 0.05) is 26.2 Å². The maximum absolute atomic E-state index is 12.3. The van der Waals surface area contributed by atoms with Gasteiger partial charge in [-0.05, 0) is 24.3 Å². The fourth-order valence-electron chi connectivity index (χ4n) is 2.15. The maximum atomic E-state index is 12.3. The average molecular weight is 476 g/mol.